The second-order valence-corrected chi connectivity index (χ2v) is 15.3. The number of rotatable bonds is 8. The molecule has 0 saturated carbocycles. The number of amides is 4. The van der Waals surface area contributed by atoms with Crippen LogP contribution < -0.4 is 26.0 Å². The van der Waals surface area contributed by atoms with Crippen LogP contribution in [0.5, 0.6) is 0 Å². The van der Waals surface area contributed by atoms with Gasteiger partial charge in [0.15, 0.2) is 11.6 Å². The second kappa shape index (κ2) is 14.7. The van der Waals surface area contributed by atoms with Crippen molar-refractivity contribution in [1.82, 2.24) is 44.8 Å². The Labute approximate surface area is 331 Å². The smallest absolute Gasteiger partial charge is 0.262 e. The van der Waals surface area contributed by atoms with E-state index in [4.69, 9.17) is 16.6 Å². The number of aromatic amines is 1. The molecule has 0 bridgehead atoms. The van der Waals surface area contributed by atoms with Gasteiger partial charge in [0.05, 0.1) is 28.4 Å². The summed E-state index contributed by atoms with van der Waals surface area (Å²) < 4.78 is 1.59. The molecule has 0 radical (unpaired) electrons. The molecule has 17 nitrogen and oxygen atoms in total. The molecule has 3 fully saturated rings. The van der Waals surface area contributed by atoms with Crippen molar-refractivity contribution >= 4 is 69.3 Å². The highest BCUT2D eigenvalue weighted by Gasteiger charge is 2.45. The summed E-state index contributed by atoms with van der Waals surface area (Å²) >= 11 is 6.57. The quantitative estimate of drug-likeness (QED) is 0.195. The van der Waals surface area contributed by atoms with Gasteiger partial charge < -0.3 is 19.7 Å². The predicted octanol–water partition coefficient (Wildman–Crippen LogP) is 2.95. The normalized spacial score (nSPS) is 19.4. The van der Waals surface area contributed by atoms with Gasteiger partial charge in [0, 0.05) is 76.0 Å². The minimum atomic E-state index is -0.981. The SMILES string of the molecule is Cn1c(=O)c(-c2ncn[nH]2)cc2cc(Nc3nc(N4CCC(CN5CCN(c6ccc7c(c6)C(=O)N(C6CCC(=O)NC6=O)C7=O)CC5)CC4)ncc3Cl)ccc21. The number of hydrogen-bond donors (Lipinski definition) is 3. The number of imide groups is 2. The van der Waals surface area contributed by atoms with Gasteiger partial charge in [0.25, 0.3) is 17.4 Å². The van der Waals surface area contributed by atoms with Crippen molar-refractivity contribution in [2.24, 2.45) is 13.0 Å². The Morgan fingerprint density at radius 3 is 2.39 bits per heavy atom. The molecule has 3 aromatic heterocycles. The van der Waals surface area contributed by atoms with Gasteiger partial charge in [0.1, 0.15) is 17.4 Å². The van der Waals surface area contributed by atoms with E-state index in [0.717, 1.165) is 85.8 Å². The summed E-state index contributed by atoms with van der Waals surface area (Å²) in [7, 11) is 1.73. The van der Waals surface area contributed by atoms with E-state index in [1.165, 1.54) is 6.33 Å². The zero-order valence-electron chi connectivity index (χ0n) is 31.1. The summed E-state index contributed by atoms with van der Waals surface area (Å²) in [5, 5.41) is 13.5. The number of aryl methyl sites for hydroxylation is 1. The minimum Gasteiger partial charge on any atom is -0.369 e. The predicted molar refractivity (Wildman–Crippen MR) is 212 cm³/mol. The molecule has 7 heterocycles. The average molecular weight is 791 g/mol. The second-order valence-electron chi connectivity index (χ2n) is 14.9. The van der Waals surface area contributed by atoms with E-state index in [-0.39, 0.29) is 24.0 Å². The van der Waals surface area contributed by atoms with Gasteiger partial charge in [-0.1, -0.05) is 11.6 Å². The van der Waals surface area contributed by atoms with Gasteiger partial charge >= 0.3 is 0 Å². The van der Waals surface area contributed by atoms with Gasteiger partial charge in [-0.05, 0) is 67.6 Å². The maximum absolute atomic E-state index is 13.3. The highest BCUT2D eigenvalue weighted by molar-refractivity contribution is 6.33. The third kappa shape index (κ3) is 6.86. The lowest BCUT2D eigenvalue weighted by Gasteiger charge is -2.39. The molecular weight excluding hydrogens is 752 g/mol. The topological polar surface area (TPSA) is 195 Å². The van der Waals surface area contributed by atoms with Crippen LogP contribution in [0.4, 0.5) is 23.1 Å². The molecule has 57 heavy (non-hydrogen) atoms. The zero-order valence-corrected chi connectivity index (χ0v) is 31.8. The number of nitrogens with zero attached hydrogens (tertiary/aromatic N) is 9. The molecule has 5 aromatic rings. The molecule has 0 spiro atoms. The molecule has 4 aliphatic rings. The molecule has 3 N–H and O–H groups in total. The monoisotopic (exact) mass is 790 g/mol. The minimum absolute atomic E-state index is 0.0858. The number of piperazine rings is 1. The molecule has 1 atom stereocenters. The Morgan fingerprint density at radius 2 is 1.63 bits per heavy atom. The Kier molecular flexibility index (Phi) is 9.40. The lowest BCUT2D eigenvalue weighted by Crippen LogP contribution is -2.54. The van der Waals surface area contributed by atoms with Crippen molar-refractivity contribution in [3.8, 4) is 11.4 Å². The van der Waals surface area contributed by atoms with Crippen molar-refractivity contribution in [3.63, 3.8) is 0 Å². The van der Waals surface area contributed by atoms with E-state index in [1.807, 2.05) is 24.3 Å². The van der Waals surface area contributed by atoms with Gasteiger partial charge in [-0.2, -0.15) is 10.1 Å². The van der Waals surface area contributed by atoms with Crippen LogP contribution in [0.2, 0.25) is 5.02 Å². The van der Waals surface area contributed by atoms with Crippen LogP contribution in [0.25, 0.3) is 22.3 Å². The van der Waals surface area contributed by atoms with Crippen LogP contribution in [0.1, 0.15) is 46.4 Å². The Morgan fingerprint density at radius 1 is 0.842 bits per heavy atom. The highest BCUT2D eigenvalue weighted by Crippen LogP contribution is 2.32. The third-order valence-electron chi connectivity index (χ3n) is 11.5. The summed E-state index contributed by atoms with van der Waals surface area (Å²) in [4.78, 5) is 84.9. The van der Waals surface area contributed by atoms with Crippen LogP contribution in [0.15, 0.2) is 59.8 Å². The number of benzene rings is 2. The number of anilines is 4. The summed E-state index contributed by atoms with van der Waals surface area (Å²) in [6, 6.07) is 11.8. The first-order chi connectivity index (χ1) is 27.6. The van der Waals surface area contributed by atoms with Gasteiger partial charge in [0.2, 0.25) is 17.8 Å². The lowest BCUT2D eigenvalue weighted by molar-refractivity contribution is -0.136. The first kappa shape index (κ1) is 36.4. The van der Waals surface area contributed by atoms with Crippen LogP contribution >= 0.6 is 11.6 Å². The van der Waals surface area contributed by atoms with Crippen molar-refractivity contribution in [2.75, 3.05) is 60.9 Å². The highest BCUT2D eigenvalue weighted by atomic mass is 35.5. The first-order valence-corrected chi connectivity index (χ1v) is 19.4. The van der Waals surface area contributed by atoms with Crippen LogP contribution in [-0.4, -0.2) is 115 Å². The molecule has 0 aliphatic carbocycles. The third-order valence-corrected chi connectivity index (χ3v) is 11.7. The maximum Gasteiger partial charge on any atom is 0.262 e. The summed E-state index contributed by atoms with van der Waals surface area (Å²) in [5.74, 6) is 0.0281. The maximum atomic E-state index is 13.3. The van der Waals surface area contributed by atoms with Crippen LogP contribution in [0, 0.1) is 5.92 Å². The number of fused-ring (bicyclic) bond motifs is 2. The molecule has 2 aromatic carbocycles. The molecule has 4 aliphatic heterocycles. The van der Waals surface area contributed by atoms with E-state index in [2.05, 4.69) is 45.5 Å². The number of aromatic nitrogens is 6. The molecule has 3 saturated heterocycles. The number of pyridine rings is 1. The Hall–Kier alpha value is -6.20. The number of hydrogen-bond acceptors (Lipinski definition) is 13. The fourth-order valence-corrected chi connectivity index (χ4v) is 8.46. The summed E-state index contributed by atoms with van der Waals surface area (Å²) in [5.41, 5.74) is 3.22. The molecule has 9 rings (SSSR count). The first-order valence-electron chi connectivity index (χ1n) is 19.0. The number of carbonyl (C=O) groups excluding carboxylic acids is 4. The Balaban J connectivity index is 0.789. The summed E-state index contributed by atoms with van der Waals surface area (Å²) in [6.45, 7) is 5.92. The largest absolute Gasteiger partial charge is 0.369 e. The van der Waals surface area contributed by atoms with Crippen molar-refractivity contribution < 1.29 is 19.2 Å². The average Bonchev–Trinajstić information content (AvgIpc) is 3.84. The number of H-pyrrole nitrogens is 1. The molecule has 1 unspecified atom stereocenters. The molecular formula is C39H39ClN12O5. The van der Waals surface area contributed by atoms with Gasteiger partial charge in [-0.25, -0.2) is 9.97 Å². The number of nitrogens with one attached hydrogen (secondary N) is 3. The van der Waals surface area contributed by atoms with E-state index < -0.39 is 29.7 Å². The number of carbonyl (C=O) groups is 4. The molecule has 4 amide bonds. The summed E-state index contributed by atoms with van der Waals surface area (Å²) in [6.07, 6.45) is 5.20. The van der Waals surface area contributed by atoms with Crippen molar-refractivity contribution in [2.45, 2.75) is 31.7 Å². The standard InChI is InChI=1S/C39H39ClN12O5/c1-48-30-5-2-24(16-23(30)17-28(36(48)55)33-42-21-43-47-33)44-34-29(40)19-41-39(46-34)51-10-8-22(9-11-51)20-49-12-14-50(15-13-49)25-3-4-26-27(18-25)38(57)52(37(26)56)31-6-7-32(53)45-35(31)54/h2-5,16-19,21-22,31H,6-15,20H2,1H3,(H,41,44,46)(H,42,43,47)(H,45,53,54). The van der Waals surface area contributed by atoms with Crippen LogP contribution in [0.3, 0.4) is 0 Å². The van der Waals surface area contributed by atoms with Gasteiger partial charge in [-0.15, -0.1) is 0 Å². The van der Waals surface area contributed by atoms with Crippen LogP contribution in [-0.2, 0) is 16.6 Å². The lowest BCUT2D eigenvalue weighted by atomic mass is 9.96. The number of piperidine rings is 2. The zero-order chi connectivity index (χ0) is 39.4. The number of halogens is 1. The van der Waals surface area contributed by atoms with Gasteiger partial charge in [-0.3, -0.25) is 44.2 Å². The Bertz CT molecular complexity index is 2490. The van der Waals surface area contributed by atoms with E-state index >= 15 is 0 Å². The molecule has 292 valence electrons. The fourth-order valence-electron chi connectivity index (χ4n) is 8.33. The van der Waals surface area contributed by atoms with E-state index in [0.29, 0.717) is 39.7 Å². The molecule has 18 heteroatoms. The van der Waals surface area contributed by atoms with E-state index in [9.17, 15) is 24.0 Å². The fraction of sp³-hybridized carbons (Fsp3) is 0.359. The van der Waals surface area contributed by atoms with Crippen molar-refractivity contribution in [1.29, 1.82) is 0 Å². The van der Waals surface area contributed by atoms with E-state index in [1.54, 1.807) is 36.0 Å². The van der Waals surface area contributed by atoms with Crippen molar-refractivity contribution in [3.05, 3.63) is 81.5 Å².